The molecule has 6 atom stereocenters. The van der Waals surface area contributed by atoms with Crippen molar-refractivity contribution in [3.63, 3.8) is 0 Å². The van der Waals surface area contributed by atoms with Gasteiger partial charge in [-0.05, 0) is 76.4 Å². The lowest BCUT2D eigenvalue weighted by atomic mass is 9.99. The molecule has 1 aliphatic heterocycles. The summed E-state index contributed by atoms with van der Waals surface area (Å²) in [5.74, 6) is -0.837. The summed E-state index contributed by atoms with van der Waals surface area (Å²) in [4.78, 5) is 25.3. The molecule has 0 aromatic rings. The van der Waals surface area contributed by atoms with E-state index in [1.807, 2.05) is 0 Å². The smallest absolute Gasteiger partial charge is 0.306 e. The van der Waals surface area contributed by atoms with Gasteiger partial charge in [0.25, 0.3) is 0 Å². The van der Waals surface area contributed by atoms with E-state index in [9.17, 15) is 30.0 Å². The summed E-state index contributed by atoms with van der Waals surface area (Å²) in [6.07, 6.45) is 28.2. The minimum atomic E-state index is -1.60. The Morgan fingerprint density at radius 3 is 1.63 bits per heavy atom. The largest absolute Gasteiger partial charge is 0.462 e. The molecule has 0 bridgehead atoms. The minimum absolute atomic E-state index is 0.209. The summed E-state index contributed by atoms with van der Waals surface area (Å²) >= 11 is 0. The Bertz CT molecular complexity index is 992. The molecule has 1 heterocycles. The van der Waals surface area contributed by atoms with E-state index in [2.05, 4.69) is 43.9 Å². The van der Waals surface area contributed by atoms with Crippen LogP contribution in [0.2, 0.25) is 0 Å². The standard InChI is InChI=1S/C44H78O10/c1-3-5-7-9-11-13-15-17-19-21-23-25-27-29-31-33-40(47)53-37(36-52-44-43(50)42(49)41(48)38(34-45)54-44)35-51-39(46)32-30-28-26-24-22-20-18-16-14-12-10-8-6-4-2/h15-16,18-19,37-38,41-45,48-50H,3-14,20-36H2,1-2H3/b18-16+/t17?,37-,38-,41+,42?,43?,44-/m0/s1. The van der Waals surface area contributed by atoms with Gasteiger partial charge in [-0.2, -0.15) is 0 Å². The average molecular weight is 767 g/mol. The average Bonchev–Trinajstić information content (AvgIpc) is 3.17. The van der Waals surface area contributed by atoms with Crippen molar-refractivity contribution in [2.75, 3.05) is 19.8 Å². The molecule has 10 nitrogen and oxygen atoms in total. The van der Waals surface area contributed by atoms with Crippen LogP contribution in [0.1, 0.15) is 181 Å². The number of allylic oxidation sites excluding steroid dienone is 3. The van der Waals surface area contributed by atoms with E-state index in [4.69, 9.17) is 18.9 Å². The normalized spacial score (nSPS) is 20.4. The number of rotatable bonds is 35. The van der Waals surface area contributed by atoms with Crippen molar-refractivity contribution >= 4 is 11.9 Å². The third kappa shape index (κ3) is 26.7. The highest BCUT2D eigenvalue weighted by Crippen LogP contribution is 2.22. The van der Waals surface area contributed by atoms with E-state index in [1.165, 1.54) is 70.6 Å². The highest BCUT2D eigenvalue weighted by molar-refractivity contribution is 5.70. The summed E-state index contributed by atoms with van der Waals surface area (Å²) in [5, 5.41) is 40.0. The van der Waals surface area contributed by atoms with Crippen LogP contribution < -0.4 is 0 Å². The zero-order chi connectivity index (χ0) is 39.5. The van der Waals surface area contributed by atoms with Gasteiger partial charge >= 0.3 is 11.9 Å². The lowest BCUT2D eigenvalue weighted by Crippen LogP contribution is -2.59. The predicted octanol–water partition coefficient (Wildman–Crippen LogP) is 8.71. The van der Waals surface area contributed by atoms with Gasteiger partial charge < -0.3 is 39.4 Å². The molecule has 0 aliphatic carbocycles. The maximum absolute atomic E-state index is 12.7. The molecule has 1 rings (SSSR count). The summed E-state index contributed by atoms with van der Waals surface area (Å²) in [6, 6.07) is 0. The molecule has 0 aromatic carbocycles. The van der Waals surface area contributed by atoms with Crippen LogP contribution in [0.25, 0.3) is 0 Å². The molecule has 1 aliphatic rings. The Morgan fingerprint density at radius 2 is 1.09 bits per heavy atom. The number of aliphatic hydroxyl groups excluding tert-OH is 4. The quantitative estimate of drug-likeness (QED) is 0.0213. The maximum atomic E-state index is 12.7. The number of ether oxygens (including phenoxy) is 4. The number of carbonyl (C=O) groups is 2. The first kappa shape index (κ1) is 50.0. The van der Waals surface area contributed by atoms with Crippen LogP contribution >= 0.6 is 0 Å². The fourth-order valence-corrected chi connectivity index (χ4v) is 6.34. The fraction of sp³-hybridized carbons (Fsp3) is 0.841. The molecule has 0 spiro atoms. The van der Waals surface area contributed by atoms with Crippen molar-refractivity contribution in [3.05, 3.63) is 30.0 Å². The highest BCUT2D eigenvalue weighted by Gasteiger charge is 2.44. The molecule has 0 radical (unpaired) electrons. The third-order valence-electron chi connectivity index (χ3n) is 9.83. The van der Waals surface area contributed by atoms with Crippen LogP contribution in [0, 0.1) is 0 Å². The zero-order valence-electron chi connectivity index (χ0n) is 34.0. The van der Waals surface area contributed by atoms with Gasteiger partial charge in [-0.1, -0.05) is 116 Å². The lowest BCUT2D eigenvalue weighted by molar-refractivity contribution is -0.305. The predicted molar refractivity (Wildman–Crippen MR) is 214 cm³/mol. The van der Waals surface area contributed by atoms with Crippen molar-refractivity contribution in [2.24, 2.45) is 0 Å². The topological polar surface area (TPSA) is 152 Å². The van der Waals surface area contributed by atoms with Crippen LogP contribution in [-0.2, 0) is 28.5 Å². The molecule has 0 aromatic heterocycles. The van der Waals surface area contributed by atoms with Crippen molar-refractivity contribution < 1.29 is 49.0 Å². The van der Waals surface area contributed by atoms with Crippen LogP contribution in [-0.4, -0.2) is 89.0 Å². The lowest BCUT2D eigenvalue weighted by Gasteiger charge is -2.39. The summed E-state index contributed by atoms with van der Waals surface area (Å²) in [7, 11) is 0. The van der Waals surface area contributed by atoms with Crippen molar-refractivity contribution in [3.8, 4) is 0 Å². The summed E-state index contributed by atoms with van der Waals surface area (Å²) in [6.45, 7) is 3.36. The number of carbonyl (C=O) groups excluding carboxylic acids is 2. The van der Waals surface area contributed by atoms with Gasteiger partial charge in [-0.3, -0.25) is 9.59 Å². The van der Waals surface area contributed by atoms with Gasteiger partial charge in [0.15, 0.2) is 12.4 Å². The second kappa shape index (κ2) is 35.4. The summed E-state index contributed by atoms with van der Waals surface area (Å²) in [5.41, 5.74) is 3.29. The SMILES string of the molecule is CCCCCCCC=C=CCCCCCCCC(=O)O[C@@H](COC(=O)CCCCCCC/C=C/CCCCCCC)CO[C@H]1O[C@@H](CO)[C@@H](O)C(O)C1O. The molecule has 0 saturated carbocycles. The molecule has 2 unspecified atom stereocenters. The Balaban J connectivity index is 2.38. The van der Waals surface area contributed by atoms with Gasteiger partial charge in [0.2, 0.25) is 0 Å². The highest BCUT2D eigenvalue weighted by atomic mass is 16.7. The third-order valence-corrected chi connectivity index (χ3v) is 9.83. The van der Waals surface area contributed by atoms with Crippen LogP contribution in [0.4, 0.5) is 0 Å². The van der Waals surface area contributed by atoms with E-state index in [1.54, 1.807) is 0 Å². The van der Waals surface area contributed by atoms with E-state index in [0.717, 1.165) is 70.6 Å². The number of esters is 2. The van der Waals surface area contributed by atoms with Crippen LogP contribution in [0.15, 0.2) is 30.0 Å². The van der Waals surface area contributed by atoms with Crippen molar-refractivity contribution in [1.29, 1.82) is 0 Å². The molecule has 1 fully saturated rings. The van der Waals surface area contributed by atoms with Gasteiger partial charge in [0.1, 0.15) is 31.0 Å². The summed E-state index contributed by atoms with van der Waals surface area (Å²) < 4.78 is 22.1. The Kier molecular flexibility index (Phi) is 32.7. The molecular weight excluding hydrogens is 688 g/mol. The second-order valence-corrected chi connectivity index (χ2v) is 14.9. The Hall–Kier alpha value is -2.04. The first-order chi connectivity index (χ1) is 26.3. The zero-order valence-corrected chi connectivity index (χ0v) is 34.0. The van der Waals surface area contributed by atoms with Gasteiger partial charge in [-0.25, -0.2) is 0 Å². The minimum Gasteiger partial charge on any atom is -0.462 e. The molecule has 0 amide bonds. The second-order valence-electron chi connectivity index (χ2n) is 14.9. The van der Waals surface area contributed by atoms with E-state index in [0.29, 0.717) is 12.8 Å². The molecule has 54 heavy (non-hydrogen) atoms. The number of unbranched alkanes of at least 4 members (excludes halogenated alkanes) is 20. The Morgan fingerprint density at radius 1 is 0.611 bits per heavy atom. The molecule has 314 valence electrons. The van der Waals surface area contributed by atoms with Crippen molar-refractivity contribution in [1.82, 2.24) is 0 Å². The van der Waals surface area contributed by atoms with Crippen molar-refractivity contribution in [2.45, 2.75) is 218 Å². The van der Waals surface area contributed by atoms with Gasteiger partial charge in [-0.15, -0.1) is 5.73 Å². The number of hydrogen-bond acceptors (Lipinski definition) is 10. The van der Waals surface area contributed by atoms with Gasteiger partial charge in [0, 0.05) is 12.8 Å². The monoisotopic (exact) mass is 767 g/mol. The number of aliphatic hydroxyl groups is 4. The Labute approximate surface area is 327 Å². The van der Waals surface area contributed by atoms with Crippen LogP contribution in [0.5, 0.6) is 0 Å². The first-order valence-electron chi connectivity index (χ1n) is 21.7. The molecule has 1 saturated heterocycles. The maximum Gasteiger partial charge on any atom is 0.306 e. The van der Waals surface area contributed by atoms with Gasteiger partial charge in [0.05, 0.1) is 13.2 Å². The fourth-order valence-electron chi connectivity index (χ4n) is 6.34. The van der Waals surface area contributed by atoms with E-state index in [-0.39, 0.29) is 26.1 Å². The van der Waals surface area contributed by atoms with E-state index >= 15 is 0 Å². The molecular formula is C44H78O10. The number of hydrogen-bond donors (Lipinski definition) is 4. The first-order valence-corrected chi connectivity index (χ1v) is 21.7. The molecule has 10 heteroatoms. The molecule has 4 N–H and O–H groups in total. The van der Waals surface area contributed by atoms with E-state index < -0.39 is 55.4 Å². The van der Waals surface area contributed by atoms with Crippen LogP contribution in [0.3, 0.4) is 0 Å².